The predicted octanol–water partition coefficient (Wildman–Crippen LogP) is 3.17. The number of nitrogens with one attached hydrogen (secondary N) is 1. The summed E-state index contributed by atoms with van der Waals surface area (Å²) in [4.78, 5) is 55.6. The van der Waals surface area contributed by atoms with Crippen LogP contribution in [-0.4, -0.2) is 78.1 Å². The molecule has 2 aliphatic rings. The molecular weight excluding hydrogens is 502 g/mol. The molecule has 2 aromatic carbocycles. The summed E-state index contributed by atoms with van der Waals surface area (Å²) in [5.74, 6) is -1.44. The van der Waals surface area contributed by atoms with Crippen molar-refractivity contribution in [1.82, 2.24) is 15.1 Å². The zero-order valence-corrected chi connectivity index (χ0v) is 22.3. The number of carbonyl (C=O) groups is 4. The summed E-state index contributed by atoms with van der Waals surface area (Å²) in [6.45, 7) is 0.272. The van der Waals surface area contributed by atoms with Gasteiger partial charge in [0, 0.05) is 30.3 Å². The van der Waals surface area contributed by atoms with Crippen LogP contribution in [0.15, 0.2) is 48.5 Å². The van der Waals surface area contributed by atoms with Gasteiger partial charge in [0.2, 0.25) is 0 Å². The van der Waals surface area contributed by atoms with Gasteiger partial charge in [0.05, 0.1) is 20.6 Å². The molecule has 208 valence electrons. The lowest BCUT2D eigenvalue weighted by molar-refractivity contribution is -0.138. The third kappa shape index (κ3) is 6.50. The number of carboxylic acid groups (broad SMARTS) is 1. The molecule has 1 saturated carbocycles. The molecule has 1 aliphatic heterocycles. The Morgan fingerprint density at radius 1 is 0.872 bits per heavy atom. The van der Waals surface area contributed by atoms with E-state index >= 15 is 0 Å². The zero-order chi connectivity index (χ0) is 27.9. The Hall–Kier alpha value is -4.08. The first-order chi connectivity index (χ1) is 18.8. The average molecular weight is 538 g/mol. The summed E-state index contributed by atoms with van der Waals surface area (Å²) in [5, 5.41) is 12.5. The zero-order valence-electron chi connectivity index (χ0n) is 22.3. The Labute approximate surface area is 227 Å². The van der Waals surface area contributed by atoms with Crippen molar-refractivity contribution in [2.45, 2.75) is 50.7 Å². The molecule has 0 radical (unpaired) electrons. The summed E-state index contributed by atoms with van der Waals surface area (Å²) in [6, 6.07) is 12.6. The van der Waals surface area contributed by atoms with Gasteiger partial charge in [0.25, 0.3) is 17.7 Å². The number of aliphatic carboxylic acids is 1. The van der Waals surface area contributed by atoms with E-state index in [-0.39, 0.29) is 25.4 Å². The molecule has 1 saturated heterocycles. The van der Waals surface area contributed by atoms with Crippen LogP contribution >= 0.6 is 0 Å². The van der Waals surface area contributed by atoms with Crippen molar-refractivity contribution in [2.75, 3.05) is 27.3 Å². The van der Waals surface area contributed by atoms with Crippen molar-refractivity contribution in [2.24, 2.45) is 5.92 Å². The van der Waals surface area contributed by atoms with E-state index in [0.717, 1.165) is 32.1 Å². The van der Waals surface area contributed by atoms with E-state index in [9.17, 15) is 24.3 Å². The van der Waals surface area contributed by atoms with Crippen molar-refractivity contribution in [3.63, 3.8) is 0 Å². The Morgan fingerprint density at radius 3 is 1.85 bits per heavy atom. The van der Waals surface area contributed by atoms with Gasteiger partial charge in [-0.1, -0.05) is 31.4 Å². The van der Waals surface area contributed by atoms with E-state index in [1.165, 1.54) is 24.0 Å². The molecule has 0 aromatic heterocycles. The average Bonchev–Trinajstić information content (AvgIpc) is 3.41. The van der Waals surface area contributed by atoms with E-state index in [4.69, 9.17) is 9.47 Å². The minimum atomic E-state index is -1.25. The molecule has 4 rings (SSSR count). The lowest BCUT2D eigenvalue weighted by Gasteiger charge is -2.34. The predicted molar refractivity (Wildman–Crippen MR) is 143 cm³/mol. The van der Waals surface area contributed by atoms with Gasteiger partial charge in [-0.15, -0.1) is 0 Å². The van der Waals surface area contributed by atoms with Crippen molar-refractivity contribution >= 4 is 23.7 Å². The monoisotopic (exact) mass is 537 g/mol. The van der Waals surface area contributed by atoms with E-state index in [2.05, 4.69) is 5.32 Å². The molecule has 0 bridgehead atoms. The highest BCUT2D eigenvalue weighted by atomic mass is 16.5. The van der Waals surface area contributed by atoms with Gasteiger partial charge in [-0.2, -0.15) is 0 Å². The molecule has 39 heavy (non-hydrogen) atoms. The van der Waals surface area contributed by atoms with Gasteiger partial charge in [-0.25, -0.2) is 0 Å². The third-order valence-corrected chi connectivity index (χ3v) is 7.50. The number of carbonyl (C=O) groups excluding carboxylic acids is 3. The number of methoxy groups -OCH3 is 2. The number of rotatable bonds is 9. The molecule has 10 nitrogen and oxygen atoms in total. The molecule has 10 heteroatoms. The largest absolute Gasteiger partial charge is 0.497 e. The standard InChI is InChI=1S/C29H35N3O7/c1-38-22-12-6-10-20(16-22)28(36)31-14-15-32(29(37)21-11-7-13-23(17-21)39-2)27(31)26(35)30-24(18-25(33)34)19-8-4-3-5-9-19/h6-7,10-13,16-17,19,24,27H,3-5,8-9,14-15,18H2,1-2H3,(H,30,35)(H,33,34). The van der Waals surface area contributed by atoms with Gasteiger partial charge < -0.3 is 29.7 Å². The molecule has 1 unspecified atom stereocenters. The number of hydrogen-bond acceptors (Lipinski definition) is 6. The maximum absolute atomic E-state index is 13.9. The summed E-state index contributed by atoms with van der Waals surface area (Å²) < 4.78 is 10.5. The van der Waals surface area contributed by atoms with Crippen molar-refractivity contribution < 1.29 is 33.8 Å². The minimum Gasteiger partial charge on any atom is -0.497 e. The Morgan fingerprint density at radius 2 is 1.38 bits per heavy atom. The molecule has 2 fully saturated rings. The maximum Gasteiger partial charge on any atom is 0.305 e. The number of ether oxygens (including phenoxy) is 2. The van der Waals surface area contributed by atoms with Crippen molar-refractivity contribution in [3.8, 4) is 11.5 Å². The summed E-state index contributed by atoms with van der Waals surface area (Å²) >= 11 is 0. The highest BCUT2D eigenvalue weighted by molar-refractivity contribution is 6.02. The molecule has 1 heterocycles. The molecule has 0 spiro atoms. The first kappa shape index (κ1) is 27.9. The molecule has 1 atom stereocenters. The van der Waals surface area contributed by atoms with E-state index in [0.29, 0.717) is 22.6 Å². The molecule has 1 aliphatic carbocycles. The van der Waals surface area contributed by atoms with Gasteiger partial charge >= 0.3 is 5.97 Å². The first-order valence-corrected chi connectivity index (χ1v) is 13.2. The summed E-state index contributed by atoms with van der Waals surface area (Å²) in [6.07, 6.45) is 3.20. The van der Waals surface area contributed by atoms with E-state index in [1.807, 2.05) is 0 Å². The fourth-order valence-electron chi connectivity index (χ4n) is 5.50. The summed E-state index contributed by atoms with van der Waals surface area (Å²) in [5.41, 5.74) is 0.634. The second-order valence-electron chi connectivity index (χ2n) is 9.95. The number of nitrogens with zero attached hydrogens (tertiary/aromatic N) is 2. The highest BCUT2D eigenvalue weighted by Crippen LogP contribution is 2.29. The minimum absolute atomic E-state index is 0.0188. The second-order valence-corrected chi connectivity index (χ2v) is 9.95. The molecule has 3 amide bonds. The van der Waals surface area contributed by atoms with Gasteiger partial charge in [-0.3, -0.25) is 19.2 Å². The Bertz CT molecular complexity index is 1140. The van der Waals surface area contributed by atoms with Crippen LogP contribution in [0.25, 0.3) is 0 Å². The van der Waals surface area contributed by atoms with Gasteiger partial charge in [0.1, 0.15) is 11.5 Å². The van der Waals surface area contributed by atoms with Gasteiger partial charge in [0.15, 0.2) is 6.17 Å². The number of carboxylic acids is 1. The maximum atomic E-state index is 13.9. The van der Waals surface area contributed by atoms with Crippen LogP contribution in [-0.2, 0) is 9.59 Å². The lowest BCUT2D eigenvalue weighted by atomic mass is 9.82. The fourth-order valence-corrected chi connectivity index (χ4v) is 5.50. The molecule has 2 aromatic rings. The lowest BCUT2D eigenvalue weighted by Crippen LogP contribution is -2.56. The molecular formula is C29H35N3O7. The van der Waals surface area contributed by atoms with Crippen LogP contribution in [0, 0.1) is 5.92 Å². The normalized spacial score (nSPS) is 17.0. The van der Waals surface area contributed by atoms with Crippen LogP contribution in [0.5, 0.6) is 11.5 Å². The van der Waals surface area contributed by atoms with Crippen LogP contribution < -0.4 is 14.8 Å². The fraction of sp³-hybridized carbons (Fsp3) is 0.448. The number of amides is 3. The first-order valence-electron chi connectivity index (χ1n) is 13.2. The number of hydrogen-bond donors (Lipinski definition) is 2. The Kier molecular flexibility index (Phi) is 9.06. The quantitative estimate of drug-likeness (QED) is 0.503. The van der Waals surface area contributed by atoms with Crippen molar-refractivity contribution in [3.05, 3.63) is 59.7 Å². The smallest absolute Gasteiger partial charge is 0.305 e. The van der Waals surface area contributed by atoms with Crippen LogP contribution in [0.1, 0.15) is 59.2 Å². The topological polar surface area (TPSA) is 125 Å². The van der Waals surface area contributed by atoms with E-state index in [1.54, 1.807) is 48.5 Å². The summed E-state index contributed by atoms with van der Waals surface area (Å²) in [7, 11) is 3.00. The van der Waals surface area contributed by atoms with Crippen molar-refractivity contribution in [1.29, 1.82) is 0 Å². The number of benzene rings is 2. The van der Waals surface area contributed by atoms with Crippen LogP contribution in [0.2, 0.25) is 0 Å². The Balaban J connectivity index is 1.66. The van der Waals surface area contributed by atoms with Gasteiger partial charge in [-0.05, 0) is 55.2 Å². The third-order valence-electron chi connectivity index (χ3n) is 7.50. The SMILES string of the molecule is COc1cccc(C(=O)N2CCN(C(=O)c3cccc(OC)c3)C2C(=O)NC(CC(=O)O)C2CCCCC2)c1. The molecule has 2 N–H and O–H groups in total. The van der Waals surface area contributed by atoms with E-state index < -0.39 is 35.9 Å². The van der Waals surface area contributed by atoms with Crippen LogP contribution in [0.3, 0.4) is 0 Å². The van der Waals surface area contributed by atoms with Crippen LogP contribution in [0.4, 0.5) is 0 Å². The second kappa shape index (κ2) is 12.6. The highest BCUT2D eigenvalue weighted by Gasteiger charge is 2.44.